The summed E-state index contributed by atoms with van der Waals surface area (Å²) in [5, 5.41) is 9.27. The predicted octanol–water partition coefficient (Wildman–Crippen LogP) is 5.14. The standard InChI is InChI=1S/C26H20FNO3/c1-2-16-6-8-18(9-7-16)22-14-26(22)21-13-20(27)10-11-23(21)28(25(26)31)15-17-4-3-5-19(12-17)24(29)30/h2-13,22H,1,14-15H2,(H,29,30)/t22-,26+/m0/s1. The Labute approximate surface area is 179 Å². The Morgan fingerprint density at radius 1 is 1.16 bits per heavy atom. The van der Waals surface area contributed by atoms with Crippen molar-refractivity contribution in [3.8, 4) is 0 Å². The highest BCUT2D eigenvalue weighted by molar-refractivity contribution is 6.11. The molecule has 2 aliphatic rings. The summed E-state index contributed by atoms with van der Waals surface area (Å²) in [5.41, 5.74) is 3.57. The van der Waals surface area contributed by atoms with Crippen LogP contribution in [0.5, 0.6) is 0 Å². The lowest BCUT2D eigenvalue weighted by atomic mass is 9.91. The number of hydrogen-bond acceptors (Lipinski definition) is 2. The number of carboxylic acid groups (broad SMARTS) is 1. The summed E-state index contributed by atoms with van der Waals surface area (Å²) in [5.74, 6) is -1.46. The second kappa shape index (κ2) is 6.91. The molecule has 1 fully saturated rings. The SMILES string of the molecule is C=Cc1ccc([C@@H]2C[C@]23C(=O)N(Cc2cccc(C(=O)O)c2)c2ccc(F)cc23)cc1. The Balaban J connectivity index is 1.53. The number of carbonyl (C=O) groups is 2. The molecule has 3 aromatic carbocycles. The first-order valence-corrected chi connectivity index (χ1v) is 10.1. The van der Waals surface area contributed by atoms with Crippen LogP contribution in [0.25, 0.3) is 6.08 Å². The summed E-state index contributed by atoms with van der Waals surface area (Å²) in [6.07, 6.45) is 2.40. The molecule has 3 aromatic rings. The van der Waals surface area contributed by atoms with E-state index in [0.717, 1.165) is 11.1 Å². The molecule has 2 atom stereocenters. The number of fused-ring (bicyclic) bond motifs is 2. The average molecular weight is 413 g/mol. The molecule has 0 unspecified atom stereocenters. The molecule has 1 heterocycles. The molecule has 4 nitrogen and oxygen atoms in total. The van der Waals surface area contributed by atoms with Gasteiger partial charge in [-0.1, -0.05) is 49.1 Å². The molecule has 0 radical (unpaired) electrons. The largest absolute Gasteiger partial charge is 0.478 e. The molecule has 1 N–H and O–H groups in total. The number of carbonyl (C=O) groups excluding carboxylic acids is 1. The van der Waals surface area contributed by atoms with Gasteiger partial charge in [0.2, 0.25) is 5.91 Å². The average Bonchev–Trinajstić information content (AvgIpc) is 3.50. The molecule has 1 amide bonds. The molecular weight excluding hydrogens is 393 g/mol. The molecule has 1 aliphatic carbocycles. The Morgan fingerprint density at radius 3 is 2.65 bits per heavy atom. The molecule has 0 bridgehead atoms. The third-order valence-corrected chi connectivity index (χ3v) is 6.41. The number of nitrogens with zero attached hydrogens (tertiary/aromatic N) is 1. The van der Waals surface area contributed by atoms with Gasteiger partial charge in [0.05, 0.1) is 17.5 Å². The number of carboxylic acids is 1. The summed E-state index contributed by atoms with van der Waals surface area (Å²) < 4.78 is 14.2. The molecule has 1 aliphatic heterocycles. The third kappa shape index (κ3) is 2.96. The van der Waals surface area contributed by atoms with Crippen molar-refractivity contribution < 1.29 is 19.1 Å². The lowest BCUT2D eigenvalue weighted by Crippen LogP contribution is -2.32. The van der Waals surface area contributed by atoms with E-state index in [1.165, 1.54) is 18.2 Å². The van der Waals surface area contributed by atoms with E-state index < -0.39 is 11.4 Å². The van der Waals surface area contributed by atoms with Gasteiger partial charge in [-0.05, 0) is 59.0 Å². The monoisotopic (exact) mass is 413 g/mol. The second-order valence-corrected chi connectivity index (χ2v) is 8.16. The predicted molar refractivity (Wildman–Crippen MR) is 117 cm³/mol. The van der Waals surface area contributed by atoms with Crippen LogP contribution in [-0.4, -0.2) is 17.0 Å². The highest BCUT2D eigenvalue weighted by Gasteiger charge is 2.67. The topological polar surface area (TPSA) is 57.6 Å². The van der Waals surface area contributed by atoms with Crippen molar-refractivity contribution in [2.24, 2.45) is 0 Å². The van der Waals surface area contributed by atoms with Gasteiger partial charge in [-0.2, -0.15) is 0 Å². The Kier molecular flexibility index (Phi) is 4.29. The molecule has 31 heavy (non-hydrogen) atoms. The van der Waals surface area contributed by atoms with Crippen molar-refractivity contribution in [3.05, 3.63) is 107 Å². The smallest absolute Gasteiger partial charge is 0.335 e. The number of amides is 1. The fourth-order valence-electron chi connectivity index (χ4n) is 4.77. The maximum absolute atomic E-state index is 14.2. The molecule has 5 rings (SSSR count). The minimum absolute atomic E-state index is 0.0187. The van der Waals surface area contributed by atoms with Gasteiger partial charge >= 0.3 is 5.97 Å². The maximum Gasteiger partial charge on any atom is 0.335 e. The Bertz CT molecular complexity index is 1230. The summed E-state index contributed by atoms with van der Waals surface area (Å²) in [6, 6.07) is 19.0. The van der Waals surface area contributed by atoms with Crippen molar-refractivity contribution in [2.45, 2.75) is 24.3 Å². The second-order valence-electron chi connectivity index (χ2n) is 8.16. The van der Waals surface area contributed by atoms with Gasteiger partial charge in [-0.3, -0.25) is 4.79 Å². The van der Waals surface area contributed by atoms with E-state index >= 15 is 0 Å². The number of hydrogen-bond donors (Lipinski definition) is 1. The van der Waals surface area contributed by atoms with E-state index in [0.29, 0.717) is 23.2 Å². The minimum atomic E-state index is -1.02. The van der Waals surface area contributed by atoms with Gasteiger partial charge in [0.1, 0.15) is 5.82 Å². The summed E-state index contributed by atoms with van der Waals surface area (Å²) in [4.78, 5) is 26.6. The van der Waals surface area contributed by atoms with Gasteiger partial charge in [-0.25, -0.2) is 9.18 Å². The fraction of sp³-hybridized carbons (Fsp3) is 0.154. The van der Waals surface area contributed by atoms with E-state index in [2.05, 4.69) is 6.58 Å². The van der Waals surface area contributed by atoms with Crippen LogP contribution in [0.15, 0.2) is 73.3 Å². The van der Waals surface area contributed by atoms with Crippen molar-refractivity contribution in [1.29, 1.82) is 0 Å². The number of anilines is 1. The van der Waals surface area contributed by atoms with E-state index in [4.69, 9.17) is 0 Å². The zero-order chi connectivity index (χ0) is 21.8. The molecule has 5 heteroatoms. The van der Waals surface area contributed by atoms with Crippen LogP contribution in [-0.2, 0) is 16.8 Å². The zero-order valence-electron chi connectivity index (χ0n) is 16.7. The fourth-order valence-corrected chi connectivity index (χ4v) is 4.77. The highest BCUT2D eigenvalue weighted by atomic mass is 19.1. The van der Waals surface area contributed by atoms with Crippen LogP contribution in [0.4, 0.5) is 10.1 Å². The van der Waals surface area contributed by atoms with Crippen LogP contribution < -0.4 is 4.90 Å². The quantitative estimate of drug-likeness (QED) is 0.630. The lowest BCUT2D eigenvalue weighted by molar-refractivity contribution is -0.120. The normalized spacial score (nSPS) is 21.3. The number of rotatable bonds is 5. The van der Waals surface area contributed by atoms with E-state index in [1.54, 1.807) is 35.2 Å². The van der Waals surface area contributed by atoms with Crippen LogP contribution >= 0.6 is 0 Å². The van der Waals surface area contributed by atoms with Gasteiger partial charge < -0.3 is 10.0 Å². The maximum atomic E-state index is 14.2. The number of halogens is 1. The molecule has 0 aromatic heterocycles. The summed E-state index contributed by atoms with van der Waals surface area (Å²) >= 11 is 0. The van der Waals surface area contributed by atoms with Gasteiger partial charge in [0.15, 0.2) is 0 Å². The molecule has 1 saturated carbocycles. The lowest BCUT2D eigenvalue weighted by Gasteiger charge is -2.19. The first-order valence-electron chi connectivity index (χ1n) is 10.1. The van der Waals surface area contributed by atoms with Crippen LogP contribution in [0.1, 0.15) is 45.0 Å². The van der Waals surface area contributed by atoms with Gasteiger partial charge in [0.25, 0.3) is 0 Å². The number of aromatic carboxylic acids is 1. The minimum Gasteiger partial charge on any atom is -0.478 e. The van der Waals surface area contributed by atoms with Gasteiger partial charge in [0, 0.05) is 11.6 Å². The van der Waals surface area contributed by atoms with E-state index in [-0.39, 0.29) is 29.8 Å². The van der Waals surface area contributed by atoms with Crippen LogP contribution in [0, 0.1) is 5.82 Å². The first kappa shape index (κ1) is 19.2. The van der Waals surface area contributed by atoms with Gasteiger partial charge in [-0.15, -0.1) is 0 Å². The Morgan fingerprint density at radius 2 is 1.94 bits per heavy atom. The number of benzene rings is 3. The van der Waals surface area contributed by atoms with Crippen molar-refractivity contribution in [2.75, 3.05) is 4.90 Å². The highest BCUT2D eigenvalue weighted by Crippen LogP contribution is 2.66. The molecule has 1 spiro atoms. The van der Waals surface area contributed by atoms with Crippen LogP contribution in [0.3, 0.4) is 0 Å². The Hall–Kier alpha value is -3.73. The van der Waals surface area contributed by atoms with E-state index in [9.17, 15) is 19.1 Å². The summed E-state index contributed by atoms with van der Waals surface area (Å²) in [7, 11) is 0. The third-order valence-electron chi connectivity index (χ3n) is 6.41. The zero-order valence-corrected chi connectivity index (χ0v) is 16.7. The molecule has 0 saturated heterocycles. The van der Waals surface area contributed by atoms with Crippen molar-refractivity contribution in [1.82, 2.24) is 0 Å². The van der Waals surface area contributed by atoms with Crippen molar-refractivity contribution in [3.63, 3.8) is 0 Å². The summed E-state index contributed by atoms with van der Waals surface area (Å²) in [6.45, 7) is 4.01. The first-order chi connectivity index (χ1) is 14.9. The molecular formula is C26H20FNO3. The van der Waals surface area contributed by atoms with Crippen molar-refractivity contribution >= 4 is 23.6 Å². The molecule has 154 valence electrons. The van der Waals surface area contributed by atoms with Crippen LogP contribution in [0.2, 0.25) is 0 Å². The van der Waals surface area contributed by atoms with E-state index in [1.807, 2.05) is 24.3 Å².